The second-order valence-electron chi connectivity index (χ2n) is 6.97. The molecule has 0 aliphatic heterocycles. The van der Waals surface area contributed by atoms with E-state index in [0.717, 1.165) is 28.5 Å². The molecule has 30 heavy (non-hydrogen) atoms. The van der Waals surface area contributed by atoms with Gasteiger partial charge in [-0.3, -0.25) is 4.57 Å². The van der Waals surface area contributed by atoms with Crippen LogP contribution in [0.4, 0.5) is 0 Å². The molecular weight excluding hydrogens is 390 g/mol. The quantitative estimate of drug-likeness (QED) is 0.323. The summed E-state index contributed by atoms with van der Waals surface area (Å²) in [5, 5.41) is 9.76. The van der Waals surface area contributed by atoms with Gasteiger partial charge in [-0.25, -0.2) is 0 Å². The third-order valence-corrected chi connectivity index (χ3v) is 5.28. The van der Waals surface area contributed by atoms with Crippen molar-refractivity contribution in [1.82, 2.24) is 14.8 Å². The largest absolute Gasteiger partial charge is 0.275 e. The first-order valence-electron chi connectivity index (χ1n) is 9.72. The lowest BCUT2D eigenvalue weighted by Gasteiger charge is -2.11. The number of benzene rings is 4. The Balaban J connectivity index is 1.63. The van der Waals surface area contributed by atoms with Crippen LogP contribution in [0.2, 0.25) is 5.02 Å². The molecule has 0 bridgehead atoms. The maximum absolute atomic E-state index is 6.12. The second-order valence-corrected chi connectivity index (χ2v) is 7.40. The van der Waals surface area contributed by atoms with Gasteiger partial charge in [-0.05, 0) is 35.4 Å². The third kappa shape index (κ3) is 3.51. The lowest BCUT2D eigenvalue weighted by Crippen LogP contribution is -2.00. The van der Waals surface area contributed by atoms with Crippen LogP contribution in [0.3, 0.4) is 0 Å². The zero-order chi connectivity index (χ0) is 20.3. The van der Waals surface area contributed by atoms with Crippen molar-refractivity contribution in [2.75, 3.05) is 0 Å². The van der Waals surface area contributed by atoms with E-state index in [9.17, 15) is 0 Å². The van der Waals surface area contributed by atoms with Crippen molar-refractivity contribution in [3.63, 3.8) is 0 Å². The smallest absolute Gasteiger partial charge is 0.168 e. The molecule has 3 nitrogen and oxygen atoms in total. The van der Waals surface area contributed by atoms with E-state index in [1.54, 1.807) is 0 Å². The van der Waals surface area contributed by atoms with Crippen molar-refractivity contribution in [3.05, 3.63) is 114 Å². The highest BCUT2D eigenvalue weighted by molar-refractivity contribution is 6.30. The maximum atomic E-state index is 6.12. The highest BCUT2D eigenvalue weighted by Crippen LogP contribution is 2.30. The van der Waals surface area contributed by atoms with E-state index in [1.807, 2.05) is 72.8 Å². The lowest BCUT2D eigenvalue weighted by molar-refractivity contribution is 1.07. The van der Waals surface area contributed by atoms with Crippen LogP contribution < -0.4 is 0 Å². The van der Waals surface area contributed by atoms with Crippen LogP contribution in [0.15, 0.2) is 109 Å². The van der Waals surface area contributed by atoms with E-state index in [-0.39, 0.29) is 0 Å². The van der Waals surface area contributed by atoms with Gasteiger partial charge in [-0.15, -0.1) is 10.2 Å². The molecule has 0 spiro atoms. The maximum Gasteiger partial charge on any atom is 0.168 e. The summed E-state index contributed by atoms with van der Waals surface area (Å²) in [5.74, 6) is 1.58. The third-order valence-electron chi connectivity index (χ3n) is 5.03. The van der Waals surface area contributed by atoms with E-state index < -0.39 is 0 Å². The van der Waals surface area contributed by atoms with E-state index in [1.165, 1.54) is 11.1 Å². The molecule has 144 valence electrons. The minimum absolute atomic E-state index is 0.696. The fraction of sp³-hybridized carbons (Fsp3) is 0. The van der Waals surface area contributed by atoms with Crippen molar-refractivity contribution in [2.45, 2.75) is 0 Å². The van der Waals surface area contributed by atoms with Gasteiger partial charge in [0.05, 0.1) is 0 Å². The average Bonchev–Trinajstić information content (AvgIpc) is 3.26. The zero-order valence-electron chi connectivity index (χ0n) is 16.1. The van der Waals surface area contributed by atoms with Crippen LogP contribution in [0.25, 0.3) is 39.6 Å². The number of aromatic nitrogens is 3. The summed E-state index contributed by atoms with van der Waals surface area (Å²) in [4.78, 5) is 0. The molecule has 0 amide bonds. The van der Waals surface area contributed by atoms with Crippen molar-refractivity contribution in [1.29, 1.82) is 0 Å². The summed E-state index contributed by atoms with van der Waals surface area (Å²) in [7, 11) is 0. The summed E-state index contributed by atoms with van der Waals surface area (Å²) in [5.41, 5.74) is 5.32. The van der Waals surface area contributed by atoms with Gasteiger partial charge in [-0.2, -0.15) is 0 Å². The van der Waals surface area contributed by atoms with Gasteiger partial charge >= 0.3 is 0 Å². The molecule has 4 aromatic carbocycles. The molecule has 0 fully saturated rings. The molecule has 0 aliphatic carbocycles. The molecule has 0 N–H and O–H groups in total. The van der Waals surface area contributed by atoms with Crippen LogP contribution in [0, 0.1) is 0 Å². The van der Waals surface area contributed by atoms with Gasteiger partial charge in [0.25, 0.3) is 0 Å². The fourth-order valence-electron chi connectivity index (χ4n) is 3.52. The summed E-state index contributed by atoms with van der Waals surface area (Å²) in [6.45, 7) is 0. The molecule has 0 saturated carbocycles. The fourth-order valence-corrected chi connectivity index (χ4v) is 3.65. The van der Waals surface area contributed by atoms with Gasteiger partial charge in [0, 0.05) is 21.8 Å². The summed E-state index contributed by atoms with van der Waals surface area (Å²) >= 11 is 6.12. The molecule has 1 aromatic heterocycles. The summed E-state index contributed by atoms with van der Waals surface area (Å²) < 4.78 is 2.07. The second kappa shape index (κ2) is 7.97. The van der Waals surface area contributed by atoms with Gasteiger partial charge < -0.3 is 0 Å². The van der Waals surface area contributed by atoms with E-state index in [4.69, 9.17) is 11.6 Å². The van der Waals surface area contributed by atoms with Crippen LogP contribution in [0.1, 0.15) is 0 Å². The Morgan fingerprint density at radius 2 is 0.900 bits per heavy atom. The number of nitrogens with zero attached hydrogens (tertiary/aromatic N) is 3. The van der Waals surface area contributed by atoms with E-state index in [0.29, 0.717) is 5.02 Å². The van der Waals surface area contributed by atoms with Crippen LogP contribution >= 0.6 is 11.6 Å². The van der Waals surface area contributed by atoms with Crippen LogP contribution in [-0.2, 0) is 0 Å². The normalized spacial score (nSPS) is 10.8. The highest BCUT2D eigenvalue weighted by atomic mass is 35.5. The molecule has 5 aromatic rings. The monoisotopic (exact) mass is 407 g/mol. The Kier molecular flexibility index (Phi) is 4.88. The molecule has 5 rings (SSSR count). The van der Waals surface area contributed by atoms with Gasteiger partial charge in [0.15, 0.2) is 11.6 Å². The van der Waals surface area contributed by atoms with Gasteiger partial charge in [0.2, 0.25) is 0 Å². The first-order chi connectivity index (χ1) is 14.8. The van der Waals surface area contributed by atoms with Crippen molar-refractivity contribution < 1.29 is 0 Å². The lowest BCUT2D eigenvalue weighted by atomic mass is 10.0. The van der Waals surface area contributed by atoms with E-state index >= 15 is 0 Å². The Bertz CT molecular complexity index is 1260. The number of hydrogen-bond donors (Lipinski definition) is 0. The summed E-state index contributed by atoms with van der Waals surface area (Å²) in [6.07, 6.45) is 0. The first kappa shape index (κ1) is 18.3. The van der Waals surface area contributed by atoms with Crippen molar-refractivity contribution in [3.8, 4) is 39.6 Å². The van der Waals surface area contributed by atoms with Crippen LogP contribution in [-0.4, -0.2) is 14.8 Å². The molecule has 0 radical (unpaired) electrons. The molecule has 1 heterocycles. The Labute approximate surface area is 180 Å². The standard InChI is InChI=1S/C26H18ClN3/c27-23-15-17-24(18-16-23)30-25(21-9-5-2-6-10-21)28-29-26(30)22-13-11-20(12-14-22)19-7-3-1-4-8-19/h1-18H. The van der Waals surface area contributed by atoms with Crippen molar-refractivity contribution >= 4 is 11.6 Å². The molecule has 0 unspecified atom stereocenters. The predicted molar refractivity (Wildman–Crippen MR) is 123 cm³/mol. The molecule has 0 saturated heterocycles. The predicted octanol–water partition coefficient (Wildman–Crippen LogP) is 6.92. The highest BCUT2D eigenvalue weighted by Gasteiger charge is 2.17. The van der Waals surface area contributed by atoms with Crippen LogP contribution in [0.5, 0.6) is 0 Å². The molecule has 0 atom stereocenters. The summed E-state index contributed by atoms with van der Waals surface area (Å²) in [6, 6.07) is 36.6. The molecule has 4 heteroatoms. The number of hydrogen-bond acceptors (Lipinski definition) is 2. The topological polar surface area (TPSA) is 30.7 Å². The van der Waals surface area contributed by atoms with Crippen molar-refractivity contribution in [2.24, 2.45) is 0 Å². The molecular formula is C26H18ClN3. The zero-order valence-corrected chi connectivity index (χ0v) is 16.9. The van der Waals surface area contributed by atoms with Gasteiger partial charge in [0.1, 0.15) is 0 Å². The SMILES string of the molecule is Clc1ccc(-n2c(-c3ccccc3)nnc2-c2ccc(-c3ccccc3)cc2)cc1. The Hall–Kier alpha value is -3.69. The first-order valence-corrected chi connectivity index (χ1v) is 10.1. The average molecular weight is 408 g/mol. The minimum Gasteiger partial charge on any atom is -0.275 e. The Morgan fingerprint density at radius 3 is 1.47 bits per heavy atom. The number of rotatable bonds is 4. The minimum atomic E-state index is 0.696. The van der Waals surface area contributed by atoms with Gasteiger partial charge in [-0.1, -0.05) is 96.5 Å². The Morgan fingerprint density at radius 1 is 0.467 bits per heavy atom. The molecule has 0 aliphatic rings. The number of halogens is 1. The van der Waals surface area contributed by atoms with E-state index in [2.05, 4.69) is 51.2 Å².